The molecule has 0 aliphatic rings. The van der Waals surface area contributed by atoms with Crippen LogP contribution in [0.25, 0.3) is 0 Å². The van der Waals surface area contributed by atoms with E-state index in [0.29, 0.717) is 15.4 Å². The van der Waals surface area contributed by atoms with E-state index in [4.69, 9.17) is 0 Å². The summed E-state index contributed by atoms with van der Waals surface area (Å²) in [5, 5.41) is 19.9. The Balaban J connectivity index is 1.89. The average molecular weight is 371 g/mol. The zero-order valence-corrected chi connectivity index (χ0v) is 14.3. The van der Waals surface area contributed by atoms with Gasteiger partial charge in [0.25, 0.3) is 11.8 Å². The molecule has 2 amide bonds. The highest BCUT2D eigenvalue weighted by atomic mass is 32.1. The van der Waals surface area contributed by atoms with Gasteiger partial charge in [-0.15, -0.1) is 22.7 Å². The Morgan fingerprint density at radius 2 is 1.36 bits per heavy atom. The van der Waals surface area contributed by atoms with Crippen LogP contribution in [0.15, 0.2) is 53.2 Å². The summed E-state index contributed by atoms with van der Waals surface area (Å²) < 4.78 is 0. The van der Waals surface area contributed by atoms with Crippen molar-refractivity contribution in [3.63, 3.8) is 0 Å². The van der Waals surface area contributed by atoms with E-state index in [-0.39, 0.29) is 17.2 Å². The van der Waals surface area contributed by atoms with Gasteiger partial charge in [-0.1, -0.05) is 18.2 Å². The number of rotatable bonds is 5. The molecule has 2 heterocycles. The quantitative estimate of drug-likeness (QED) is 0.720. The van der Waals surface area contributed by atoms with Gasteiger partial charge in [0.2, 0.25) is 0 Å². The van der Waals surface area contributed by atoms with Gasteiger partial charge < -0.3 is 20.5 Å². The number of carbonyl (C=O) groups excluding carboxylic acids is 3. The topological polar surface area (TPSA) is 98.3 Å². The second kappa shape index (κ2) is 7.29. The molecule has 3 aromatic rings. The minimum absolute atomic E-state index is 0.101. The molecule has 0 fully saturated rings. The Kier molecular flexibility index (Phi) is 4.92. The summed E-state index contributed by atoms with van der Waals surface area (Å²) in [6.45, 7) is 0. The molecule has 126 valence electrons. The molecule has 3 rings (SSSR count). The third-order valence-corrected chi connectivity index (χ3v) is 4.98. The molecule has 0 aliphatic heterocycles. The van der Waals surface area contributed by atoms with E-state index in [1.165, 1.54) is 40.9 Å². The number of carbonyl (C=O) groups is 3. The van der Waals surface area contributed by atoms with Crippen LogP contribution in [0.1, 0.15) is 29.7 Å². The largest absolute Gasteiger partial charge is 0.545 e. The van der Waals surface area contributed by atoms with Crippen molar-refractivity contribution in [3.8, 4) is 0 Å². The summed E-state index contributed by atoms with van der Waals surface area (Å²) >= 11 is 2.53. The highest BCUT2D eigenvalue weighted by molar-refractivity contribution is 7.12. The Hall–Kier alpha value is -2.97. The predicted molar refractivity (Wildman–Crippen MR) is 95.3 cm³/mol. The Morgan fingerprint density at radius 1 is 0.800 bits per heavy atom. The highest BCUT2D eigenvalue weighted by Gasteiger charge is 2.14. The smallest absolute Gasteiger partial charge is 0.265 e. The van der Waals surface area contributed by atoms with Crippen molar-refractivity contribution in [1.82, 2.24) is 0 Å². The van der Waals surface area contributed by atoms with Gasteiger partial charge in [-0.25, -0.2) is 0 Å². The molecule has 0 aliphatic carbocycles. The fraction of sp³-hybridized carbons (Fsp3) is 0. The highest BCUT2D eigenvalue weighted by Crippen LogP contribution is 2.26. The lowest BCUT2D eigenvalue weighted by atomic mass is 10.1. The van der Waals surface area contributed by atoms with Crippen LogP contribution in [0.5, 0.6) is 0 Å². The van der Waals surface area contributed by atoms with Gasteiger partial charge in [0.05, 0.1) is 27.1 Å². The second-order valence-electron chi connectivity index (χ2n) is 4.91. The first-order valence-corrected chi connectivity index (χ1v) is 8.85. The Morgan fingerprint density at radius 3 is 1.84 bits per heavy atom. The minimum atomic E-state index is -1.37. The molecule has 8 heteroatoms. The van der Waals surface area contributed by atoms with E-state index in [1.54, 1.807) is 35.0 Å². The van der Waals surface area contributed by atoms with Crippen molar-refractivity contribution in [1.29, 1.82) is 0 Å². The molecule has 0 radical (unpaired) electrons. The molecule has 0 saturated heterocycles. The number of thiophene rings is 2. The molecule has 2 N–H and O–H groups in total. The van der Waals surface area contributed by atoms with Crippen LogP contribution in [-0.2, 0) is 0 Å². The first kappa shape index (κ1) is 16.9. The number of aromatic carboxylic acids is 1. The van der Waals surface area contributed by atoms with Crippen molar-refractivity contribution < 1.29 is 19.5 Å². The van der Waals surface area contributed by atoms with Crippen LogP contribution in [0.3, 0.4) is 0 Å². The molecule has 0 spiro atoms. The minimum Gasteiger partial charge on any atom is -0.545 e. The van der Waals surface area contributed by atoms with E-state index in [2.05, 4.69) is 10.6 Å². The monoisotopic (exact) mass is 371 g/mol. The zero-order valence-electron chi connectivity index (χ0n) is 12.6. The lowest BCUT2D eigenvalue weighted by molar-refractivity contribution is -0.255. The van der Waals surface area contributed by atoms with E-state index < -0.39 is 11.9 Å². The molecule has 0 unspecified atom stereocenters. The third-order valence-electron chi connectivity index (χ3n) is 3.24. The first-order valence-electron chi connectivity index (χ1n) is 7.09. The number of carboxylic acids is 1. The lowest BCUT2D eigenvalue weighted by Gasteiger charge is -2.14. The molecule has 2 aromatic heterocycles. The maximum absolute atomic E-state index is 12.2. The molecule has 1 aromatic carbocycles. The van der Waals surface area contributed by atoms with Crippen molar-refractivity contribution in [3.05, 3.63) is 68.5 Å². The predicted octanol–water partition coefficient (Wildman–Crippen LogP) is 2.68. The van der Waals surface area contributed by atoms with Gasteiger partial charge in [0.15, 0.2) is 0 Å². The summed E-state index contributed by atoms with van der Waals surface area (Å²) in [7, 11) is 0. The van der Waals surface area contributed by atoms with Crippen molar-refractivity contribution >= 4 is 51.8 Å². The number of amides is 2. The summed E-state index contributed by atoms with van der Waals surface area (Å²) in [5.74, 6) is -2.11. The van der Waals surface area contributed by atoms with E-state index in [1.807, 2.05) is 0 Å². The number of anilines is 2. The lowest BCUT2D eigenvalue weighted by Crippen LogP contribution is -2.23. The molecular formula is C17H11N2O4S2-. The summed E-state index contributed by atoms with van der Waals surface area (Å²) in [6.07, 6.45) is 0. The molecule has 0 bridgehead atoms. The maximum atomic E-state index is 12.2. The van der Waals surface area contributed by atoms with Crippen LogP contribution >= 0.6 is 22.7 Å². The first-order chi connectivity index (χ1) is 12.0. The van der Waals surface area contributed by atoms with Crippen molar-refractivity contribution in [2.45, 2.75) is 0 Å². The number of nitrogens with one attached hydrogen (secondary N) is 2. The SMILES string of the molecule is O=C([O-])c1ccc(NC(=O)c2cccs2)c(NC(=O)c2cccs2)c1. The van der Waals surface area contributed by atoms with Gasteiger partial charge in [0.1, 0.15) is 0 Å². The number of benzene rings is 1. The summed E-state index contributed by atoms with van der Waals surface area (Å²) in [4.78, 5) is 36.5. The van der Waals surface area contributed by atoms with E-state index >= 15 is 0 Å². The average Bonchev–Trinajstić information content (AvgIpc) is 3.29. The zero-order chi connectivity index (χ0) is 17.8. The standard InChI is InChI=1S/C17H12N2O4S2/c20-15(13-3-1-7-24-13)18-11-6-5-10(17(22)23)9-12(11)19-16(21)14-4-2-8-25-14/h1-9H,(H,18,20)(H,19,21)(H,22,23)/p-1. The summed E-state index contributed by atoms with van der Waals surface area (Å²) in [6, 6.07) is 10.8. The van der Waals surface area contributed by atoms with Crippen LogP contribution < -0.4 is 15.7 Å². The molecule has 6 nitrogen and oxygen atoms in total. The fourth-order valence-corrected chi connectivity index (χ4v) is 3.30. The van der Waals surface area contributed by atoms with Crippen molar-refractivity contribution in [2.24, 2.45) is 0 Å². The van der Waals surface area contributed by atoms with Gasteiger partial charge in [-0.3, -0.25) is 9.59 Å². The van der Waals surface area contributed by atoms with Gasteiger partial charge in [-0.05, 0) is 40.6 Å². The van der Waals surface area contributed by atoms with Crippen molar-refractivity contribution in [2.75, 3.05) is 10.6 Å². The molecule has 0 atom stereocenters. The second-order valence-corrected chi connectivity index (χ2v) is 6.81. The van der Waals surface area contributed by atoms with Crippen LogP contribution in [0.4, 0.5) is 11.4 Å². The number of hydrogen-bond donors (Lipinski definition) is 2. The number of hydrogen-bond acceptors (Lipinski definition) is 6. The molecule has 25 heavy (non-hydrogen) atoms. The summed E-state index contributed by atoms with van der Waals surface area (Å²) in [5.41, 5.74) is 0.383. The molecular weight excluding hydrogens is 360 g/mol. The van der Waals surface area contributed by atoms with Crippen LogP contribution in [0.2, 0.25) is 0 Å². The van der Waals surface area contributed by atoms with E-state index in [0.717, 1.165) is 0 Å². The normalized spacial score (nSPS) is 10.2. The maximum Gasteiger partial charge on any atom is 0.265 e. The number of carboxylic acid groups (broad SMARTS) is 1. The van der Waals surface area contributed by atoms with Crippen LogP contribution in [0, 0.1) is 0 Å². The Labute approximate surface area is 150 Å². The fourth-order valence-electron chi connectivity index (χ4n) is 2.07. The third kappa shape index (κ3) is 3.93. The van der Waals surface area contributed by atoms with Gasteiger partial charge >= 0.3 is 0 Å². The van der Waals surface area contributed by atoms with Gasteiger partial charge in [0, 0.05) is 0 Å². The van der Waals surface area contributed by atoms with E-state index in [9.17, 15) is 19.5 Å². The van der Waals surface area contributed by atoms with Crippen LogP contribution in [-0.4, -0.2) is 17.8 Å². The van der Waals surface area contributed by atoms with Gasteiger partial charge in [-0.2, -0.15) is 0 Å². The molecule has 0 saturated carbocycles. The Bertz CT molecular complexity index is 918.